The van der Waals surface area contributed by atoms with E-state index in [4.69, 9.17) is 0 Å². The zero-order chi connectivity index (χ0) is 26.2. The molecule has 0 atom stereocenters. The van der Waals surface area contributed by atoms with Crippen LogP contribution in [-0.2, 0) is 0 Å². The fraction of sp³-hybridized carbons (Fsp3) is 0.364. The van der Waals surface area contributed by atoms with Gasteiger partial charge in [0.05, 0.1) is 0 Å². The Balaban J connectivity index is 2.01. The van der Waals surface area contributed by atoms with Gasteiger partial charge in [0.25, 0.3) is 0 Å². The van der Waals surface area contributed by atoms with E-state index in [2.05, 4.69) is 162 Å². The molecule has 0 radical (unpaired) electrons. The molecule has 3 heteroatoms. The SMILES string of the molecule is CC(C)(C)N1C(c2ccccc2)=[N+](C(C)(C)C)[Si-]12(C(C)(C)C)C(c1ccccc1)=C2c1ccccc1. The van der Waals surface area contributed by atoms with E-state index in [1.54, 1.807) is 10.4 Å². The third kappa shape index (κ3) is 2.87. The molecule has 0 bridgehead atoms. The van der Waals surface area contributed by atoms with Crippen molar-refractivity contribution in [3.63, 3.8) is 0 Å². The Morgan fingerprint density at radius 3 is 1.19 bits per heavy atom. The van der Waals surface area contributed by atoms with Crippen molar-refractivity contribution in [3.05, 3.63) is 108 Å². The second-order valence-electron chi connectivity index (χ2n) is 13.6. The Hall–Kier alpha value is -2.91. The number of amidine groups is 1. The van der Waals surface area contributed by atoms with Gasteiger partial charge in [0, 0.05) is 0 Å². The van der Waals surface area contributed by atoms with Gasteiger partial charge in [-0.1, -0.05) is 0 Å². The molecule has 5 rings (SSSR count). The van der Waals surface area contributed by atoms with E-state index in [0.29, 0.717) is 0 Å². The molecule has 0 fully saturated rings. The van der Waals surface area contributed by atoms with Crippen LogP contribution in [0.5, 0.6) is 0 Å². The fourth-order valence-electron chi connectivity index (χ4n) is 7.62. The molecule has 1 spiro atoms. The molecule has 0 saturated carbocycles. The van der Waals surface area contributed by atoms with Gasteiger partial charge < -0.3 is 0 Å². The number of rotatable bonds is 3. The van der Waals surface area contributed by atoms with Gasteiger partial charge in [0.15, 0.2) is 0 Å². The minimum absolute atomic E-state index is 0.00912. The molecular formula is C33H42N2Si. The van der Waals surface area contributed by atoms with E-state index in [0.717, 1.165) is 0 Å². The Morgan fingerprint density at radius 2 is 0.889 bits per heavy atom. The summed E-state index contributed by atoms with van der Waals surface area (Å²) < 4.78 is 5.83. The molecular weight excluding hydrogens is 452 g/mol. The molecule has 0 aliphatic carbocycles. The van der Waals surface area contributed by atoms with Gasteiger partial charge in [0.2, 0.25) is 0 Å². The molecule has 0 aromatic heterocycles. The molecule has 2 aliphatic rings. The van der Waals surface area contributed by atoms with Gasteiger partial charge in [-0.25, -0.2) is 0 Å². The molecule has 0 amide bonds. The Bertz CT molecular complexity index is 1310. The maximum absolute atomic E-state index is 3.41. The zero-order valence-corrected chi connectivity index (χ0v) is 24.6. The molecule has 188 valence electrons. The van der Waals surface area contributed by atoms with Gasteiger partial charge in [0.1, 0.15) is 0 Å². The van der Waals surface area contributed by atoms with Crippen LogP contribution in [0.25, 0.3) is 10.4 Å². The second-order valence-corrected chi connectivity index (χ2v) is 19.3. The number of hydrogen-bond donors (Lipinski definition) is 0. The van der Waals surface area contributed by atoms with Crippen molar-refractivity contribution in [2.24, 2.45) is 0 Å². The molecule has 36 heavy (non-hydrogen) atoms. The summed E-state index contributed by atoms with van der Waals surface area (Å²) in [6, 6.07) is 33.5. The van der Waals surface area contributed by atoms with Crippen LogP contribution >= 0.6 is 0 Å². The van der Waals surface area contributed by atoms with Crippen LogP contribution in [0.1, 0.15) is 79.0 Å². The summed E-state index contributed by atoms with van der Waals surface area (Å²) in [7, 11) is -3.41. The second kappa shape index (κ2) is 7.55. The predicted molar refractivity (Wildman–Crippen MR) is 157 cm³/mol. The molecule has 2 heterocycles. The standard InChI is InChI=1S/C33H42N2Si/c1-31(2,3)34-30(27-23-17-12-18-24-27)35(32(4,5)6)36(34,33(7,8)9)28(25-19-13-10-14-20-25)29(36)26-21-15-11-16-22-26/h10-24H,1-9H3. The number of nitrogens with zero attached hydrogens (tertiary/aromatic N) is 2. The van der Waals surface area contributed by atoms with E-state index in [1.165, 1.54) is 22.5 Å². The molecule has 2 nitrogen and oxygen atoms in total. The monoisotopic (exact) mass is 494 g/mol. The summed E-state index contributed by atoms with van der Waals surface area (Å²) in [5.41, 5.74) is 3.92. The van der Waals surface area contributed by atoms with E-state index >= 15 is 0 Å². The molecule has 0 unspecified atom stereocenters. The summed E-state index contributed by atoms with van der Waals surface area (Å²) in [6.45, 7) is 21.9. The first-order valence-electron chi connectivity index (χ1n) is 13.3. The molecule has 2 aliphatic heterocycles. The quantitative estimate of drug-likeness (QED) is 0.332. The van der Waals surface area contributed by atoms with E-state index in [1.807, 2.05) is 0 Å². The van der Waals surface area contributed by atoms with Gasteiger partial charge in [-0.3, -0.25) is 0 Å². The molecule has 3 aromatic rings. The van der Waals surface area contributed by atoms with Crippen molar-refractivity contribution in [1.82, 2.24) is 4.57 Å². The molecule has 0 saturated heterocycles. The summed E-state index contributed by atoms with van der Waals surface area (Å²) >= 11 is 0. The number of benzene rings is 3. The first kappa shape index (κ1) is 24.8. The van der Waals surface area contributed by atoms with Crippen LogP contribution in [-0.4, -0.2) is 33.4 Å². The van der Waals surface area contributed by atoms with Crippen molar-refractivity contribution in [2.75, 3.05) is 0 Å². The van der Waals surface area contributed by atoms with Gasteiger partial charge in [-0.2, -0.15) is 0 Å². The average molecular weight is 495 g/mol. The van der Waals surface area contributed by atoms with Gasteiger partial charge in [-0.05, 0) is 0 Å². The molecule has 0 N–H and O–H groups in total. The van der Waals surface area contributed by atoms with E-state index < -0.39 is 7.67 Å². The van der Waals surface area contributed by atoms with Crippen LogP contribution in [0, 0.1) is 0 Å². The van der Waals surface area contributed by atoms with Crippen molar-refractivity contribution in [1.29, 1.82) is 0 Å². The summed E-state index contributed by atoms with van der Waals surface area (Å²) in [6.07, 6.45) is 0. The van der Waals surface area contributed by atoms with Gasteiger partial charge >= 0.3 is 219 Å². The minimum atomic E-state index is -3.41. The summed E-state index contributed by atoms with van der Waals surface area (Å²) in [5.74, 6) is 1.37. The maximum atomic E-state index is 2.91. The number of hydrogen-bond acceptors (Lipinski definition) is 1. The van der Waals surface area contributed by atoms with Crippen LogP contribution < -0.4 is 0 Å². The summed E-state index contributed by atoms with van der Waals surface area (Å²) in [5, 5.41) is 3.17. The molecule has 3 aromatic carbocycles. The normalized spacial score (nSPS) is 20.1. The van der Waals surface area contributed by atoms with Crippen molar-refractivity contribution >= 4 is 23.9 Å². The third-order valence-electron chi connectivity index (χ3n) is 8.35. The van der Waals surface area contributed by atoms with Crippen LogP contribution in [0.2, 0.25) is 5.04 Å². The van der Waals surface area contributed by atoms with E-state index in [9.17, 15) is 0 Å². The van der Waals surface area contributed by atoms with Crippen molar-refractivity contribution in [3.8, 4) is 0 Å². The third-order valence-corrected chi connectivity index (χ3v) is 17.4. The van der Waals surface area contributed by atoms with Crippen molar-refractivity contribution in [2.45, 2.75) is 78.4 Å². The van der Waals surface area contributed by atoms with Crippen LogP contribution in [0.15, 0.2) is 91.0 Å². The van der Waals surface area contributed by atoms with Crippen molar-refractivity contribution < 1.29 is 4.24 Å². The topological polar surface area (TPSA) is 6.25 Å². The zero-order valence-electron chi connectivity index (χ0n) is 23.6. The predicted octanol–water partition coefficient (Wildman–Crippen LogP) is 8.26. The Kier molecular flexibility index (Phi) is 5.19. The van der Waals surface area contributed by atoms with Gasteiger partial charge in [-0.15, -0.1) is 0 Å². The fourth-order valence-corrected chi connectivity index (χ4v) is 18.3. The Morgan fingerprint density at radius 1 is 0.528 bits per heavy atom. The first-order chi connectivity index (χ1) is 16.8. The van der Waals surface area contributed by atoms with E-state index in [-0.39, 0.29) is 16.1 Å². The average Bonchev–Trinajstić information content (AvgIpc) is 3.46. The first-order valence-corrected chi connectivity index (χ1v) is 15.7. The van der Waals surface area contributed by atoms with Crippen LogP contribution in [0.4, 0.5) is 0 Å². The Labute approximate surface area is 218 Å². The summed E-state index contributed by atoms with van der Waals surface area (Å²) in [4.78, 5) is 0. The van der Waals surface area contributed by atoms with Crippen LogP contribution in [0.3, 0.4) is 0 Å².